The molecule has 0 radical (unpaired) electrons. The third-order valence-corrected chi connectivity index (χ3v) is 2.86. The fourth-order valence-corrected chi connectivity index (χ4v) is 1.99. The highest BCUT2D eigenvalue weighted by atomic mass is 79.9. The van der Waals surface area contributed by atoms with Gasteiger partial charge in [0.2, 0.25) is 5.91 Å². The minimum absolute atomic E-state index is 0.00489. The zero-order chi connectivity index (χ0) is 14.5. The van der Waals surface area contributed by atoms with Gasteiger partial charge >= 0.3 is 0 Å². The van der Waals surface area contributed by atoms with E-state index in [1.807, 2.05) is 20.8 Å². The second-order valence-corrected chi connectivity index (χ2v) is 6.38. The van der Waals surface area contributed by atoms with Gasteiger partial charge in [0.25, 0.3) is 0 Å². The quantitative estimate of drug-likeness (QED) is 0.815. The van der Waals surface area contributed by atoms with Crippen molar-refractivity contribution in [3.63, 3.8) is 0 Å². The van der Waals surface area contributed by atoms with E-state index in [1.165, 1.54) is 6.07 Å². The molecule has 0 unspecified atom stereocenters. The normalized spacial score (nSPS) is 11.4. The summed E-state index contributed by atoms with van der Waals surface area (Å²) in [6, 6.07) is 4.82. The molecule has 1 amide bonds. The number of carbonyl (C=O) groups excluding carboxylic acids is 1. The van der Waals surface area contributed by atoms with Crippen molar-refractivity contribution in [2.24, 2.45) is 0 Å². The number of benzene rings is 1. The lowest BCUT2D eigenvalue weighted by molar-refractivity contribution is -0.122. The zero-order valence-electron chi connectivity index (χ0n) is 11.5. The summed E-state index contributed by atoms with van der Waals surface area (Å²) >= 11 is 3.30. The fraction of sp³-hybridized carbons (Fsp3) is 0.500. The predicted molar refractivity (Wildman–Crippen MR) is 78.3 cm³/mol. The number of rotatable bonds is 5. The van der Waals surface area contributed by atoms with E-state index in [1.54, 1.807) is 12.1 Å². The van der Waals surface area contributed by atoms with Gasteiger partial charge in [-0.2, -0.15) is 0 Å². The Balaban J connectivity index is 2.31. The first-order valence-electron chi connectivity index (χ1n) is 6.23. The monoisotopic (exact) mass is 330 g/mol. The summed E-state index contributed by atoms with van der Waals surface area (Å²) in [5, 5.41) is 5.94. The average molecular weight is 331 g/mol. The van der Waals surface area contributed by atoms with Gasteiger partial charge in [-0.25, -0.2) is 4.39 Å². The Morgan fingerprint density at radius 1 is 1.37 bits per heavy atom. The van der Waals surface area contributed by atoms with Gasteiger partial charge in [-0.15, -0.1) is 0 Å². The van der Waals surface area contributed by atoms with E-state index in [4.69, 9.17) is 0 Å². The van der Waals surface area contributed by atoms with Crippen LogP contribution in [0.2, 0.25) is 0 Å². The molecular formula is C14H20BrFN2O. The Morgan fingerprint density at radius 2 is 2.05 bits per heavy atom. The summed E-state index contributed by atoms with van der Waals surface area (Å²) in [4.78, 5) is 11.6. The Hall–Kier alpha value is -0.940. The molecule has 2 N–H and O–H groups in total. The predicted octanol–water partition coefficient (Wildman–Crippen LogP) is 2.98. The number of amides is 1. The average Bonchev–Trinajstić information content (AvgIpc) is 2.26. The van der Waals surface area contributed by atoms with Gasteiger partial charge in [-0.1, -0.05) is 15.9 Å². The van der Waals surface area contributed by atoms with Gasteiger partial charge in [-0.3, -0.25) is 4.79 Å². The molecule has 0 aromatic heterocycles. The molecule has 19 heavy (non-hydrogen) atoms. The van der Waals surface area contributed by atoms with E-state index >= 15 is 0 Å². The molecule has 1 rings (SSSR count). The lowest BCUT2D eigenvalue weighted by Gasteiger charge is -2.20. The van der Waals surface area contributed by atoms with Crippen molar-refractivity contribution in [1.82, 2.24) is 10.6 Å². The molecule has 0 aliphatic heterocycles. The maximum atomic E-state index is 13.4. The molecule has 0 saturated heterocycles. The van der Waals surface area contributed by atoms with Crippen LogP contribution in [0.5, 0.6) is 0 Å². The Bertz CT molecular complexity index is 444. The molecule has 0 aliphatic carbocycles. The Labute approximate surface area is 122 Å². The molecule has 0 spiro atoms. The van der Waals surface area contributed by atoms with E-state index < -0.39 is 0 Å². The molecule has 0 heterocycles. The van der Waals surface area contributed by atoms with Gasteiger partial charge in [0.1, 0.15) is 5.82 Å². The highest BCUT2D eigenvalue weighted by Crippen LogP contribution is 2.15. The van der Waals surface area contributed by atoms with Crippen LogP contribution in [0, 0.1) is 5.82 Å². The first-order valence-corrected chi connectivity index (χ1v) is 7.03. The van der Waals surface area contributed by atoms with Gasteiger partial charge in [0.15, 0.2) is 0 Å². The standard InChI is InChI=1S/C14H20BrFN2O/c1-14(2,3)18-13(19)6-7-17-9-10-8-11(15)4-5-12(10)16/h4-5,8,17H,6-7,9H2,1-3H3,(H,18,19). The van der Waals surface area contributed by atoms with Crippen molar-refractivity contribution in [2.45, 2.75) is 39.3 Å². The molecule has 0 fully saturated rings. The Kier molecular flexibility index (Phi) is 5.94. The lowest BCUT2D eigenvalue weighted by Crippen LogP contribution is -2.41. The fourth-order valence-electron chi connectivity index (χ4n) is 1.58. The van der Waals surface area contributed by atoms with Crippen molar-refractivity contribution in [3.8, 4) is 0 Å². The minimum Gasteiger partial charge on any atom is -0.351 e. The smallest absolute Gasteiger partial charge is 0.221 e. The second kappa shape index (κ2) is 7.01. The number of carbonyl (C=O) groups is 1. The molecule has 0 bridgehead atoms. The molecule has 1 aromatic carbocycles. The first kappa shape index (κ1) is 16.1. The van der Waals surface area contributed by atoms with Crippen LogP contribution in [-0.2, 0) is 11.3 Å². The van der Waals surface area contributed by atoms with E-state index in [9.17, 15) is 9.18 Å². The van der Waals surface area contributed by atoms with Crippen LogP contribution in [0.15, 0.2) is 22.7 Å². The summed E-state index contributed by atoms with van der Waals surface area (Å²) in [5.74, 6) is -0.246. The number of hydrogen-bond donors (Lipinski definition) is 2. The van der Waals surface area contributed by atoms with Gasteiger partial charge in [0, 0.05) is 35.1 Å². The lowest BCUT2D eigenvalue weighted by atomic mass is 10.1. The van der Waals surface area contributed by atoms with Crippen LogP contribution < -0.4 is 10.6 Å². The molecule has 0 atom stereocenters. The summed E-state index contributed by atoms with van der Waals surface area (Å²) in [7, 11) is 0. The molecule has 1 aromatic rings. The van der Waals surface area contributed by atoms with Crippen molar-refractivity contribution < 1.29 is 9.18 Å². The highest BCUT2D eigenvalue weighted by molar-refractivity contribution is 9.10. The van der Waals surface area contributed by atoms with Crippen LogP contribution in [0.1, 0.15) is 32.8 Å². The topological polar surface area (TPSA) is 41.1 Å². The van der Waals surface area contributed by atoms with Crippen LogP contribution >= 0.6 is 15.9 Å². The number of nitrogens with one attached hydrogen (secondary N) is 2. The molecule has 106 valence electrons. The molecule has 5 heteroatoms. The maximum Gasteiger partial charge on any atom is 0.221 e. The summed E-state index contributed by atoms with van der Waals surface area (Å²) in [6.45, 7) is 6.75. The van der Waals surface area contributed by atoms with E-state index in [0.717, 1.165) is 4.47 Å². The van der Waals surface area contributed by atoms with Crippen LogP contribution in [0.25, 0.3) is 0 Å². The number of halogens is 2. The van der Waals surface area contributed by atoms with Gasteiger partial charge < -0.3 is 10.6 Å². The second-order valence-electron chi connectivity index (χ2n) is 5.46. The zero-order valence-corrected chi connectivity index (χ0v) is 13.1. The van der Waals surface area contributed by atoms with Crippen molar-refractivity contribution in [3.05, 3.63) is 34.1 Å². The van der Waals surface area contributed by atoms with Crippen molar-refractivity contribution in [1.29, 1.82) is 0 Å². The van der Waals surface area contributed by atoms with E-state index in [-0.39, 0.29) is 17.3 Å². The van der Waals surface area contributed by atoms with Crippen LogP contribution in [0.4, 0.5) is 4.39 Å². The number of hydrogen-bond acceptors (Lipinski definition) is 2. The molecule has 3 nitrogen and oxygen atoms in total. The summed E-state index contributed by atoms with van der Waals surface area (Å²) in [5.41, 5.74) is 0.374. The highest BCUT2D eigenvalue weighted by Gasteiger charge is 2.12. The van der Waals surface area contributed by atoms with Crippen molar-refractivity contribution >= 4 is 21.8 Å². The first-order chi connectivity index (χ1) is 8.78. The summed E-state index contributed by atoms with van der Waals surface area (Å²) in [6.07, 6.45) is 0.382. The molecule has 0 aliphatic rings. The molecule has 0 saturated carbocycles. The SMILES string of the molecule is CC(C)(C)NC(=O)CCNCc1cc(Br)ccc1F. The van der Waals surface area contributed by atoms with Gasteiger partial charge in [0.05, 0.1) is 0 Å². The minimum atomic E-state index is -0.241. The Morgan fingerprint density at radius 3 is 2.68 bits per heavy atom. The molecular weight excluding hydrogens is 311 g/mol. The van der Waals surface area contributed by atoms with Gasteiger partial charge in [-0.05, 0) is 39.0 Å². The summed E-state index contributed by atoms with van der Waals surface area (Å²) < 4.78 is 14.3. The third-order valence-electron chi connectivity index (χ3n) is 2.37. The van der Waals surface area contributed by atoms with Crippen LogP contribution in [0.3, 0.4) is 0 Å². The van der Waals surface area contributed by atoms with E-state index in [2.05, 4.69) is 26.6 Å². The van der Waals surface area contributed by atoms with Crippen LogP contribution in [-0.4, -0.2) is 18.0 Å². The maximum absolute atomic E-state index is 13.4. The largest absolute Gasteiger partial charge is 0.351 e. The van der Waals surface area contributed by atoms with E-state index in [0.29, 0.717) is 25.1 Å². The third kappa shape index (κ3) is 6.68. The van der Waals surface area contributed by atoms with Crippen molar-refractivity contribution in [2.75, 3.05) is 6.54 Å².